The Kier molecular flexibility index (Phi) is 3.37. The summed E-state index contributed by atoms with van der Waals surface area (Å²) in [6.45, 7) is 3.09. The van der Waals surface area contributed by atoms with E-state index in [-0.39, 0.29) is 0 Å². The predicted octanol–water partition coefficient (Wildman–Crippen LogP) is 2.35. The largest absolute Gasteiger partial charge is 0.339 e. The van der Waals surface area contributed by atoms with Crippen molar-refractivity contribution in [2.24, 2.45) is 0 Å². The maximum absolute atomic E-state index is 4.62. The van der Waals surface area contributed by atoms with Gasteiger partial charge in [0, 0.05) is 29.8 Å². The highest BCUT2D eigenvalue weighted by atomic mass is 15.0. The molecule has 1 aliphatic rings. The second-order valence-corrected chi connectivity index (χ2v) is 4.79. The average molecular weight is 255 g/mol. The van der Waals surface area contributed by atoms with Crippen LogP contribution in [0.25, 0.3) is 0 Å². The zero-order valence-corrected chi connectivity index (χ0v) is 10.9. The minimum atomic E-state index is 0.377. The van der Waals surface area contributed by atoms with Gasteiger partial charge in [-0.1, -0.05) is 0 Å². The molecule has 5 nitrogen and oxygen atoms in total. The number of nitrogens with zero attached hydrogens (tertiary/aromatic N) is 3. The zero-order valence-electron chi connectivity index (χ0n) is 10.9. The highest BCUT2D eigenvalue weighted by Gasteiger charge is 2.18. The predicted molar refractivity (Wildman–Crippen MR) is 74.3 cm³/mol. The average Bonchev–Trinajstić information content (AvgIpc) is 2.93. The molecule has 3 rings (SSSR count). The van der Waals surface area contributed by atoms with Crippen molar-refractivity contribution in [1.29, 1.82) is 0 Å². The van der Waals surface area contributed by atoms with Crippen LogP contribution >= 0.6 is 0 Å². The van der Waals surface area contributed by atoms with Gasteiger partial charge in [-0.3, -0.25) is 9.97 Å². The monoisotopic (exact) mass is 255 g/mol. The van der Waals surface area contributed by atoms with Gasteiger partial charge in [-0.05, 0) is 38.4 Å². The lowest BCUT2D eigenvalue weighted by Gasteiger charge is -2.13. The van der Waals surface area contributed by atoms with Crippen molar-refractivity contribution < 1.29 is 0 Å². The Hall–Kier alpha value is -2.01. The lowest BCUT2D eigenvalue weighted by atomic mass is 10.1. The van der Waals surface area contributed by atoms with Crippen molar-refractivity contribution in [2.45, 2.75) is 25.8 Å². The topological polar surface area (TPSA) is 62.7 Å². The molecular weight excluding hydrogens is 238 g/mol. The quantitative estimate of drug-likeness (QED) is 0.881. The molecule has 98 valence electrons. The van der Waals surface area contributed by atoms with Crippen LogP contribution in [0.5, 0.6) is 0 Å². The molecule has 0 amide bonds. The minimum absolute atomic E-state index is 0.377. The van der Waals surface area contributed by atoms with Gasteiger partial charge in [0.05, 0.1) is 11.9 Å². The fraction of sp³-hybridized carbons (Fsp3) is 0.357. The standard InChI is InChI=1S/C14H17N5/c1-10-7-11(19-14-9-15-5-6-17-14)8-13(18-10)12-3-2-4-16-12/h5-9,12,16H,2-4H2,1H3,(H,17,18,19). The van der Waals surface area contributed by atoms with Crippen LogP contribution in [0.4, 0.5) is 11.5 Å². The van der Waals surface area contributed by atoms with E-state index in [0.29, 0.717) is 6.04 Å². The SMILES string of the molecule is Cc1cc(Nc2cnccn2)cc(C2CCCN2)n1. The second-order valence-electron chi connectivity index (χ2n) is 4.79. The third-order valence-corrected chi connectivity index (χ3v) is 3.23. The number of hydrogen-bond donors (Lipinski definition) is 2. The van der Waals surface area contributed by atoms with E-state index in [1.165, 1.54) is 6.42 Å². The molecule has 19 heavy (non-hydrogen) atoms. The van der Waals surface area contributed by atoms with E-state index in [0.717, 1.165) is 35.9 Å². The fourth-order valence-corrected chi connectivity index (χ4v) is 2.39. The van der Waals surface area contributed by atoms with Gasteiger partial charge in [0.25, 0.3) is 0 Å². The maximum atomic E-state index is 4.62. The van der Waals surface area contributed by atoms with Gasteiger partial charge < -0.3 is 10.6 Å². The van der Waals surface area contributed by atoms with E-state index < -0.39 is 0 Å². The summed E-state index contributed by atoms with van der Waals surface area (Å²) in [6, 6.07) is 4.49. The van der Waals surface area contributed by atoms with E-state index in [1.54, 1.807) is 18.6 Å². The Bertz CT molecular complexity index is 549. The fourth-order valence-electron chi connectivity index (χ4n) is 2.39. The number of hydrogen-bond acceptors (Lipinski definition) is 5. The molecule has 2 aromatic rings. The molecular formula is C14H17N5. The Morgan fingerprint density at radius 3 is 3.00 bits per heavy atom. The van der Waals surface area contributed by atoms with Crippen LogP contribution in [0.2, 0.25) is 0 Å². The smallest absolute Gasteiger partial charge is 0.148 e. The molecule has 0 radical (unpaired) electrons. The van der Waals surface area contributed by atoms with Crippen LogP contribution in [-0.2, 0) is 0 Å². The number of pyridine rings is 1. The summed E-state index contributed by atoms with van der Waals surface area (Å²) in [5.41, 5.74) is 3.12. The van der Waals surface area contributed by atoms with Gasteiger partial charge in [0.2, 0.25) is 0 Å². The summed E-state index contributed by atoms with van der Waals surface area (Å²) in [6.07, 6.45) is 7.42. The molecule has 1 fully saturated rings. The van der Waals surface area contributed by atoms with Crippen LogP contribution in [0.15, 0.2) is 30.7 Å². The number of rotatable bonds is 3. The zero-order chi connectivity index (χ0) is 13.1. The molecule has 0 aromatic carbocycles. The van der Waals surface area contributed by atoms with Crippen molar-refractivity contribution in [2.75, 3.05) is 11.9 Å². The second kappa shape index (κ2) is 5.32. The molecule has 2 N–H and O–H groups in total. The van der Waals surface area contributed by atoms with Gasteiger partial charge in [0.1, 0.15) is 5.82 Å². The van der Waals surface area contributed by atoms with Crippen molar-refractivity contribution in [3.05, 3.63) is 42.1 Å². The number of nitrogens with one attached hydrogen (secondary N) is 2. The third-order valence-electron chi connectivity index (χ3n) is 3.23. The summed E-state index contributed by atoms with van der Waals surface area (Å²) in [5, 5.41) is 6.74. The van der Waals surface area contributed by atoms with Gasteiger partial charge in [0.15, 0.2) is 0 Å². The Morgan fingerprint density at radius 1 is 1.32 bits per heavy atom. The summed E-state index contributed by atoms with van der Waals surface area (Å²) >= 11 is 0. The first-order chi connectivity index (χ1) is 9.31. The molecule has 0 aliphatic carbocycles. The maximum Gasteiger partial charge on any atom is 0.148 e. The molecule has 3 heterocycles. The number of aryl methyl sites for hydroxylation is 1. The Labute approximate surface area is 112 Å². The van der Waals surface area contributed by atoms with Gasteiger partial charge >= 0.3 is 0 Å². The number of anilines is 2. The summed E-state index contributed by atoms with van der Waals surface area (Å²) in [7, 11) is 0. The van der Waals surface area contributed by atoms with Gasteiger partial charge in [-0.15, -0.1) is 0 Å². The van der Waals surface area contributed by atoms with Crippen LogP contribution in [0.1, 0.15) is 30.3 Å². The van der Waals surface area contributed by atoms with Gasteiger partial charge in [-0.2, -0.15) is 0 Å². The first kappa shape index (κ1) is 12.0. The highest BCUT2D eigenvalue weighted by molar-refractivity contribution is 5.56. The van der Waals surface area contributed by atoms with E-state index >= 15 is 0 Å². The third kappa shape index (κ3) is 2.88. The lowest BCUT2D eigenvalue weighted by molar-refractivity contribution is 0.626. The van der Waals surface area contributed by atoms with E-state index in [2.05, 4.69) is 31.7 Å². The van der Waals surface area contributed by atoms with E-state index in [9.17, 15) is 0 Å². The van der Waals surface area contributed by atoms with Crippen molar-refractivity contribution in [3.8, 4) is 0 Å². The number of aromatic nitrogens is 3. The molecule has 0 saturated carbocycles. The normalized spacial score (nSPS) is 18.5. The first-order valence-corrected chi connectivity index (χ1v) is 6.56. The highest BCUT2D eigenvalue weighted by Crippen LogP contribution is 2.25. The summed E-state index contributed by atoms with van der Waals surface area (Å²) in [4.78, 5) is 12.9. The Balaban J connectivity index is 1.85. The van der Waals surface area contributed by atoms with Crippen LogP contribution in [0.3, 0.4) is 0 Å². The Morgan fingerprint density at radius 2 is 2.26 bits per heavy atom. The molecule has 1 unspecified atom stereocenters. The lowest BCUT2D eigenvalue weighted by Crippen LogP contribution is -2.14. The molecule has 0 bridgehead atoms. The summed E-state index contributed by atoms with van der Waals surface area (Å²) < 4.78 is 0. The first-order valence-electron chi connectivity index (χ1n) is 6.56. The van der Waals surface area contributed by atoms with Crippen LogP contribution in [0, 0.1) is 6.92 Å². The molecule has 5 heteroatoms. The van der Waals surface area contributed by atoms with Crippen LogP contribution in [-0.4, -0.2) is 21.5 Å². The van der Waals surface area contributed by atoms with E-state index in [4.69, 9.17) is 0 Å². The van der Waals surface area contributed by atoms with Crippen molar-refractivity contribution >= 4 is 11.5 Å². The molecule has 0 spiro atoms. The summed E-state index contributed by atoms with van der Waals surface area (Å²) in [5.74, 6) is 0.749. The molecule has 1 aliphatic heterocycles. The molecule has 2 aromatic heterocycles. The minimum Gasteiger partial charge on any atom is -0.339 e. The molecule has 1 atom stereocenters. The molecule has 1 saturated heterocycles. The van der Waals surface area contributed by atoms with Gasteiger partial charge in [-0.25, -0.2) is 4.98 Å². The van der Waals surface area contributed by atoms with Crippen molar-refractivity contribution in [3.63, 3.8) is 0 Å². The van der Waals surface area contributed by atoms with Crippen molar-refractivity contribution in [1.82, 2.24) is 20.3 Å². The van der Waals surface area contributed by atoms with E-state index in [1.807, 2.05) is 13.0 Å². The van der Waals surface area contributed by atoms with Crippen LogP contribution < -0.4 is 10.6 Å².